The number of aromatic carboxylic acids is 1. The van der Waals surface area contributed by atoms with Crippen molar-refractivity contribution >= 4 is 27.3 Å². The Morgan fingerprint density at radius 2 is 2.12 bits per heavy atom. The van der Waals surface area contributed by atoms with E-state index in [2.05, 4.69) is 4.72 Å². The highest BCUT2D eigenvalue weighted by atomic mass is 32.2. The number of aryl methyl sites for hydroxylation is 1. The molecule has 96 valence electrons. The second kappa shape index (κ2) is 5.61. The first-order chi connectivity index (χ1) is 7.92. The minimum Gasteiger partial charge on any atom is -0.477 e. The van der Waals surface area contributed by atoms with Crippen molar-refractivity contribution in [3.63, 3.8) is 0 Å². The number of carboxylic acid groups (broad SMARTS) is 1. The average molecular weight is 277 g/mol. The number of sulfonamides is 1. The molecule has 0 aliphatic heterocycles. The van der Waals surface area contributed by atoms with Crippen molar-refractivity contribution in [3.05, 3.63) is 16.5 Å². The Kier molecular flexibility index (Phi) is 4.67. The molecule has 0 unspecified atom stereocenters. The van der Waals surface area contributed by atoms with Gasteiger partial charge in [0.25, 0.3) is 0 Å². The summed E-state index contributed by atoms with van der Waals surface area (Å²) in [7, 11) is -3.56. The van der Waals surface area contributed by atoms with E-state index >= 15 is 0 Å². The van der Waals surface area contributed by atoms with Gasteiger partial charge in [-0.1, -0.05) is 20.3 Å². The van der Waals surface area contributed by atoms with Gasteiger partial charge in [0.2, 0.25) is 10.0 Å². The Morgan fingerprint density at radius 1 is 1.47 bits per heavy atom. The first kappa shape index (κ1) is 14.1. The highest BCUT2D eigenvalue weighted by Crippen LogP contribution is 2.27. The predicted molar refractivity (Wildman–Crippen MR) is 66.1 cm³/mol. The maximum atomic E-state index is 11.7. The van der Waals surface area contributed by atoms with Gasteiger partial charge in [0, 0.05) is 6.54 Å². The summed E-state index contributed by atoms with van der Waals surface area (Å²) in [4.78, 5) is 11.1. The summed E-state index contributed by atoms with van der Waals surface area (Å²) < 4.78 is 25.9. The minimum atomic E-state index is -3.56. The SMILES string of the molecule is CCCc1cc(S(=O)(=O)NCC)sc1C(=O)O. The van der Waals surface area contributed by atoms with E-state index in [1.807, 2.05) is 6.92 Å². The molecular formula is C10H15NO4S2. The van der Waals surface area contributed by atoms with Crippen LogP contribution in [-0.4, -0.2) is 26.0 Å². The molecule has 0 amide bonds. The minimum absolute atomic E-state index is 0.0696. The van der Waals surface area contributed by atoms with Crippen LogP contribution < -0.4 is 4.72 Å². The fraction of sp³-hybridized carbons (Fsp3) is 0.500. The molecule has 2 N–H and O–H groups in total. The van der Waals surface area contributed by atoms with Gasteiger partial charge in [0.05, 0.1) is 0 Å². The van der Waals surface area contributed by atoms with Crippen molar-refractivity contribution in [3.8, 4) is 0 Å². The topological polar surface area (TPSA) is 83.5 Å². The molecule has 7 heteroatoms. The Balaban J connectivity index is 3.20. The number of nitrogens with one attached hydrogen (secondary N) is 1. The molecule has 0 aliphatic rings. The number of carboxylic acids is 1. The third kappa shape index (κ3) is 3.27. The first-order valence-electron chi connectivity index (χ1n) is 5.28. The number of rotatable bonds is 6. The molecule has 0 aliphatic carbocycles. The van der Waals surface area contributed by atoms with Gasteiger partial charge >= 0.3 is 5.97 Å². The zero-order chi connectivity index (χ0) is 13.1. The number of carbonyl (C=O) groups is 1. The van der Waals surface area contributed by atoms with Crippen LogP contribution in [0.2, 0.25) is 0 Å². The van der Waals surface area contributed by atoms with Crippen LogP contribution in [0.25, 0.3) is 0 Å². The van der Waals surface area contributed by atoms with Crippen molar-refractivity contribution in [2.45, 2.75) is 30.9 Å². The zero-order valence-corrected chi connectivity index (χ0v) is 11.3. The van der Waals surface area contributed by atoms with Gasteiger partial charge in [0.1, 0.15) is 9.09 Å². The molecule has 17 heavy (non-hydrogen) atoms. The largest absolute Gasteiger partial charge is 0.477 e. The van der Waals surface area contributed by atoms with Crippen LogP contribution in [0.1, 0.15) is 35.5 Å². The fourth-order valence-electron chi connectivity index (χ4n) is 1.43. The fourth-order valence-corrected chi connectivity index (χ4v) is 3.90. The molecule has 0 radical (unpaired) electrons. The second-order valence-corrected chi connectivity index (χ2v) is 6.52. The van der Waals surface area contributed by atoms with E-state index in [4.69, 9.17) is 5.11 Å². The van der Waals surface area contributed by atoms with Gasteiger partial charge < -0.3 is 5.11 Å². The molecule has 1 rings (SSSR count). The van der Waals surface area contributed by atoms with E-state index in [9.17, 15) is 13.2 Å². The summed E-state index contributed by atoms with van der Waals surface area (Å²) in [5.74, 6) is -1.07. The normalized spacial score (nSPS) is 11.6. The lowest BCUT2D eigenvalue weighted by Crippen LogP contribution is -2.22. The van der Waals surface area contributed by atoms with Crippen molar-refractivity contribution in [2.24, 2.45) is 0 Å². The predicted octanol–water partition coefficient (Wildman–Crippen LogP) is 1.70. The first-order valence-corrected chi connectivity index (χ1v) is 7.58. The average Bonchev–Trinajstić information content (AvgIpc) is 2.63. The summed E-state index contributed by atoms with van der Waals surface area (Å²) in [6, 6.07) is 1.45. The molecule has 0 atom stereocenters. The van der Waals surface area contributed by atoms with Crippen molar-refractivity contribution < 1.29 is 18.3 Å². The highest BCUT2D eigenvalue weighted by Gasteiger charge is 2.22. The van der Waals surface area contributed by atoms with Crippen molar-refractivity contribution in [2.75, 3.05) is 6.54 Å². The molecule has 1 heterocycles. The lowest BCUT2D eigenvalue weighted by molar-refractivity contribution is 0.0701. The highest BCUT2D eigenvalue weighted by molar-refractivity contribution is 7.91. The Labute approximate surface area is 105 Å². The molecule has 0 fully saturated rings. The van der Waals surface area contributed by atoms with E-state index in [1.54, 1.807) is 6.92 Å². The summed E-state index contributed by atoms with van der Waals surface area (Å²) in [5.41, 5.74) is 0.585. The van der Waals surface area contributed by atoms with Crippen LogP contribution in [0.15, 0.2) is 10.3 Å². The molecule has 0 spiro atoms. The van der Waals surface area contributed by atoms with E-state index in [1.165, 1.54) is 6.07 Å². The molecule has 0 saturated heterocycles. The lowest BCUT2D eigenvalue weighted by atomic mass is 10.1. The molecule has 0 bridgehead atoms. The van der Waals surface area contributed by atoms with Crippen molar-refractivity contribution in [1.82, 2.24) is 4.72 Å². The Morgan fingerprint density at radius 3 is 2.59 bits per heavy atom. The van der Waals surface area contributed by atoms with E-state index in [0.29, 0.717) is 12.0 Å². The third-order valence-electron chi connectivity index (χ3n) is 2.10. The Hall–Kier alpha value is -0.920. The maximum absolute atomic E-state index is 11.7. The van der Waals surface area contributed by atoms with E-state index in [0.717, 1.165) is 17.8 Å². The molecular weight excluding hydrogens is 262 g/mol. The molecule has 1 aromatic heterocycles. The second-order valence-electron chi connectivity index (χ2n) is 3.48. The molecule has 0 saturated carbocycles. The monoisotopic (exact) mass is 277 g/mol. The van der Waals surface area contributed by atoms with Crippen LogP contribution in [-0.2, 0) is 16.4 Å². The number of thiophene rings is 1. The van der Waals surface area contributed by atoms with Crippen LogP contribution >= 0.6 is 11.3 Å². The van der Waals surface area contributed by atoms with Gasteiger partial charge in [-0.2, -0.15) is 0 Å². The lowest BCUT2D eigenvalue weighted by Gasteiger charge is -1.99. The van der Waals surface area contributed by atoms with Crippen LogP contribution in [0.5, 0.6) is 0 Å². The molecule has 1 aromatic rings. The molecule has 5 nitrogen and oxygen atoms in total. The molecule has 0 aromatic carbocycles. The van der Waals surface area contributed by atoms with Crippen LogP contribution in [0, 0.1) is 0 Å². The van der Waals surface area contributed by atoms with Gasteiger partial charge in [-0.25, -0.2) is 17.9 Å². The van der Waals surface area contributed by atoms with Gasteiger partial charge in [-0.05, 0) is 18.1 Å². The summed E-state index contributed by atoms with van der Waals surface area (Å²) in [6.07, 6.45) is 1.34. The standard InChI is InChI=1S/C10H15NO4S2/c1-3-5-7-6-8(16-9(7)10(12)13)17(14,15)11-4-2/h6,11H,3-5H2,1-2H3,(H,12,13). The number of hydrogen-bond acceptors (Lipinski definition) is 4. The van der Waals surface area contributed by atoms with E-state index < -0.39 is 16.0 Å². The maximum Gasteiger partial charge on any atom is 0.346 e. The van der Waals surface area contributed by atoms with Gasteiger partial charge in [-0.3, -0.25) is 0 Å². The van der Waals surface area contributed by atoms with Gasteiger partial charge in [-0.15, -0.1) is 11.3 Å². The summed E-state index contributed by atoms with van der Waals surface area (Å²) >= 11 is 0.804. The van der Waals surface area contributed by atoms with Crippen LogP contribution in [0.3, 0.4) is 0 Å². The number of hydrogen-bond donors (Lipinski definition) is 2. The van der Waals surface area contributed by atoms with Crippen molar-refractivity contribution in [1.29, 1.82) is 0 Å². The van der Waals surface area contributed by atoms with Gasteiger partial charge in [0.15, 0.2) is 0 Å². The summed E-state index contributed by atoms with van der Waals surface area (Å²) in [6.45, 7) is 3.88. The van der Waals surface area contributed by atoms with E-state index in [-0.39, 0.29) is 15.6 Å². The smallest absolute Gasteiger partial charge is 0.346 e. The Bertz CT molecular complexity index is 504. The third-order valence-corrected chi connectivity index (χ3v) is 5.28. The quantitative estimate of drug-likeness (QED) is 0.829. The summed E-state index contributed by atoms with van der Waals surface area (Å²) in [5, 5.41) is 9.00. The van der Waals surface area contributed by atoms with Crippen LogP contribution in [0.4, 0.5) is 0 Å². The zero-order valence-electron chi connectivity index (χ0n) is 9.69.